The molecular weight excluding hydrogens is 362 g/mol. The lowest BCUT2D eigenvalue weighted by Gasteiger charge is -2.27. The van der Waals surface area contributed by atoms with E-state index in [1.807, 2.05) is 30.3 Å². The summed E-state index contributed by atoms with van der Waals surface area (Å²) in [5, 5.41) is 5.56. The van der Waals surface area contributed by atoms with Crippen molar-refractivity contribution in [2.45, 2.75) is 20.1 Å². The number of nitrogens with zero attached hydrogens (tertiary/aromatic N) is 3. The average molecular weight is 381 g/mol. The van der Waals surface area contributed by atoms with Crippen LogP contribution >= 0.6 is 0 Å². The van der Waals surface area contributed by atoms with Gasteiger partial charge in [0.1, 0.15) is 0 Å². The number of hydrazone groups is 1. The van der Waals surface area contributed by atoms with Gasteiger partial charge in [0, 0.05) is 25.1 Å². The van der Waals surface area contributed by atoms with Gasteiger partial charge in [-0.2, -0.15) is 5.01 Å². The van der Waals surface area contributed by atoms with Crippen LogP contribution in [0.1, 0.15) is 19.4 Å². The fourth-order valence-electron chi connectivity index (χ4n) is 3.09. The Kier molecular flexibility index (Phi) is 4.60. The standard InChI is InChI=1S/C20H19N3O5/c1-13(24)22(16-6-4-3-5-7-16)11-19-23(14(2)25)21-20(28-19)15-8-9-17-18(10-15)27-12-26-17/h3-10,19H,11-12H2,1-2H3/t19-/m0/s1. The number of ether oxygens (including phenoxy) is 3. The largest absolute Gasteiger partial charge is 0.454 e. The van der Waals surface area contributed by atoms with Crippen molar-refractivity contribution in [3.63, 3.8) is 0 Å². The lowest BCUT2D eigenvalue weighted by Crippen LogP contribution is -2.44. The summed E-state index contributed by atoms with van der Waals surface area (Å²) >= 11 is 0. The van der Waals surface area contributed by atoms with Crippen molar-refractivity contribution >= 4 is 23.4 Å². The number of hydrogen-bond donors (Lipinski definition) is 0. The Morgan fingerprint density at radius 3 is 2.57 bits per heavy atom. The van der Waals surface area contributed by atoms with E-state index in [1.54, 1.807) is 23.1 Å². The fraction of sp³-hybridized carbons (Fsp3) is 0.250. The van der Waals surface area contributed by atoms with Gasteiger partial charge in [-0.05, 0) is 30.3 Å². The molecule has 2 aliphatic rings. The smallest absolute Gasteiger partial charge is 0.243 e. The number of carbonyl (C=O) groups excluding carboxylic acids is 2. The molecule has 2 amide bonds. The summed E-state index contributed by atoms with van der Waals surface area (Å²) in [6.45, 7) is 3.19. The Morgan fingerprint density at radius 2 is 1.86 bits per heavy atom. The Balaban J connectivity index is 1.58. The molecule has 0 bridgehead atoms. The van der Waals surface area contributed by atoms with Crippen molar-refractivity contribution in [1.82, 2.24) is 5.01 Å². The number of rotatable bonds is 4. The third-order valence-electron chi connectivity index (χ3n) is 4.45. The molecular formula is C20H19N3O5. The minimum absolute atomic E-state index is 0.149. The number of hydrogen-bond acceptors (Lipinski definition) is 6. The van der Waals surface area contributed by atoms with Gasteiger partial charge in [0.05, 0.1) is 6.54 Å². The van der Waals surface area contributed by atoms with Gasteiger partial charge in [0.25, 0.3) is 0 Å². The summed E-state index contributed by atoms with van der Waals surface area (Å²) in [6.07, 6.45) is -0.734. The summed E-state index contributed by atoms with van der Waals surface area (Å²) < 4.78 is 16.6. The molecule has 2 aliphatic heterocycles. The molecule has 0 aliphatic carbocycles. The Hall–Kier alpha value is -3.55. The first-order valence-electron chi connectivity index (χ1n) is 8.81. The van der Waals surface area contributed by atoms with E-state index in [2.05, 4.69) is 5.10 Å². The highest BCUT2D eigenvalue weighted by molar-refractivity contribution is 5.97. The van der Waals surface area contributed by atoms with Crippen LogP contribution in [0.2, 0.25) is 0 Å². The first-order valence-corrected chi connectivity index (χ1v) is 8.81. The molecule has 8 heteroatoms. The van der Waals surface area contributed by atoms with Crippen molar-refractivity contribution in [3.05, 3.63) is 54.1 Å². The van der Waals surface area contributed by atoms with Crippen LogP contribution in [-0.2, 0) is 14.3 Å². The van der Waals surface area contributed by atoms with E-state index in [-0.39, 0.29) is 31.0 Å². The first-order chi connectivity index (χ1) is 13.5. The number of carbonyl (C=O) groups is 2. The van der Waals surface area contributed by atoms with Crippen molar-refractivity contribution < 1.29 is 23.8 Å². The summed E-state index contributed by atoms with van der Waals surface area (Å²) in [5.74, 6) is 1.09. The van der Waals surface area contributed by atoms with Gasteiger partial charge in [-0.1, -0.05) is 18.2 Å². The highest BCUT2D eigenvalue weighted by atomic mass is 16.7. The SMILES string of the molecule is CC(=O)N(C[C@@H]1OC(c2ccc3c(c2)OCO3)=NN1C(C)=O)c1ccccc1. The molecule has 28 heavy (non-hydrogen) atoms. The molecule has 0 fully saturated rings. The zero-order valence-corrected chi connectivity index (χ0v) is 15.5. The third-order valence-corrected chi connectivity index (χ3v) is 4.45. The quantitative estimate of drug-likeness (QED) is 0.812. The van der Waals surface area contributed by atoms with E-state index in [0.29, 0.717) is 17.1 Å². The highest BCUT2D eigenvalue weighted by Gasteiger charge is 2.34. The number of amides is 2. The van der Waals surface area contributed by atoms with Gasteiger partial charge in [-0.25, -0.2) is 0 Å². The molecule has 144 valence electrons. The van der Waals surface area contributed by atoms with E-state index < -0.39 is 6.23 Å². The zero-order valence-electron chi connectivity index (χ0n) is 15.5. The molecule has 0 aromatic heterocycles. The number of fused-ring (bicyclic) bond motifs is 1. The maximum absolute atomic E-state index is 12.2. The summed E-state index contributed by atoms with van der Waals surface area (Å²) in [5.41, 5.74) is 1.38. The summed E-state index contributed by atoms with van der Waals surface area (Å²) in [7, 11) is 0. The zero-order chi connectivity index (χ0) is 19.7. The van der Waals surface area contributed by atoms with Crippen LogP contribution < -0.4 is 14.4 Å². The van der Waals surface area contributed by atoms with Crippen molar-refractivity contribution in [2.75, 3.05) is 18.2 Å². The second kappa shape index (κ2) is 7.22. The molecule has 2 aromatic rings. The molecule has 0 saturated carbocycles. The summed E-state index contributed by atoms with van der Waals surface area (Å²) in [4.78, 5) is 25.8. The molecule has 2 heterocycles. The normalized spacial score (nSPS) is 17.1. The average Bonchev–Trinajstić information content (AvgIpc) is 3.32. The lowest BCUT2D eigenvalue weighted by molar-refractivity contribution is -0.135. The maximum atomic E-state index is 12.2. The Bertz CT molecular complexity index is 944. The van der Waals surface area contributed by atoms with Crippen LogP contribution in [0.3, 0.4) is 0 Å². The van der Waals surface area contributed by atoms with Gasteiger partial charge in [0.2, 0.25) is 30.7 Å². The first kappa shape index (κ1) is 17.8. The van der Waals surface area contributed by atoms with Crippen LogP contribution in [0.25, 0.3) is 0 Å². The molecule has 8 nitrogen and oxygen atoms in total. The van der Waals surface area contributed by atoms with Gasteiger partial charge in [-0.3, -0.25) is 9.59 Å². The van der Waals surface area contributed by atoms with E-state index in [9.17, 15) is 9.59 Å². The molecule has 1 atom stereocenters. The molecule has 0 N–H and O–H groups in total. The van der Waals surface area contributed by atoms with Crippen LogP contribution in [0.4, 0.5) is 5.69 Å². The molecule has 0 unspecified atom stereocenters. The predicted octanol–water partition coefficient (Wildman–Crippen LogP) is 2.33. The van der Waals surface area contributed by atoms with E-state index in [4.69, 9.17) is 14.2 Å². The van der Waals surface area contributed by atoms with Gasteiger partial charge in [0.15, 0.2) is 11.5 Å². The second-order valence-electron chi connectivity index (χ2n) is 6.37. The van der Waals surface area contributed by atoms with Crippen molar-refractivity contribution in [3.8, 4) is 11.5 Å². The molecule has 0 radical (unpaired) electrons. The lowest BCUT2D eigenvalue weighted by atomic mass is 10.2. The topological polar surface area (TPSA) is 80.7 Å². The minimum atomic E-state index is -0.734. The van der Waals surface area contributed by atoms with Crippen LogP contribution in [0.5, 0.6) is 11.5 Å². The van der Waals surface area contributed by atoms with E-state index in [1.165, 1.54) is 18.9 Å². The molecule has 0 spiro atoms. The van der Waals surface area contributed by atoms with Gasteiger partial charge >= 0.3 is 0 Å². The van der Waals surface area contributed by atoms with Crippen LogP contribution in [0, 0.1) is 0 Å². The molecule has 0 saturated heterocycles. The van der Waals surface area contributed by atoms with Crippen LogP contribution in [-0.4, -0.2) is 42.3 Å². The monoisotopic (exact) mass is 381 g/mol. The molecule has 4 rings (SSSR count). The minimum Gasteiger partial charge on any atom is -0.454 e. The van der Waals surface area contributed by atoms with E-state index in [0.717, 1.165) is 5.69 Å². The molecule has 2 aromatic carbocycles. The number of benzene rings is 2. The van der Waals surface area contributed by atoms with Gasteiger partial charge < -0.3 is 19.1 Å². The Labute approximate surface area is 161 Å². The second-order valence-corrected chi connectivity index (χ2v) is 6.37. The maximum Gasteiger partial charge on any atom is 0.243 e. The van der Waals surface area contributed by atoms with Crippen molar-refractivity contribution in [2.24, 2.45) is 5.10 Å². The van der Waals surface area contributed by atoms with Gasteiger partial charge in [-0.15, -0.1) is 5.10 Å². The number of para-hydroxylation sites is 1. The summed E-state index contributed by atoms with van der Waals surface area (Å²) in [6, 6.07) is 14.5. The Morgan fingerprint density at radius 1 is 1.11 bits per heavy atom. The fourth-order valence-corrected chi connectivity index (χ4v) is 3.09. The number of anilines is 1. The third kappa shape index (κ3) is 3.36. The van der Waals surface area contributed by atoms with Crippen LogP contribution in [0.15, 0.2) is 53.6 Å². The van der Waals surface area contributed by atoms with Crippen molar-refractivity contribution in [1.29, 1.82) is 0 Å². The highest BCUT2D eigenvalue weighted by Crippen LogP contribution is 2.33. The van der Waals surface area contributed by atoms with E-state index >= 15 is 0 Å². The predicted molar refractivity (Wildman–Crippen MR) is 101 cm³/mol.